The van der Waals surface area contributed by atoms with Gasteiger partial charge in [-0.2, -0.15) is 0 Å². The Hall–Kier alpha value is -0.800. The molecule has 19 heavy (non-hydrogen) atoms. The number of fused-ring (bicyclic) bond motifs is 1. The molecular weight excluding hydrogens is 286 g/mol. The maximum atomic E-state index is 13.5. The van der Waals surface area contributed by atoms with Gasteiger partial charge in [0.05, 0.1) is 16.1 Å². The molecule has 2 rings (SSSR count). The zero-order valence-electron chi connectivity index (χ0n) is 11.3. The maximum Gasteiger partial charge on any atom is 0.144 e. The van der Waals surface area contributed by atoms with Crippen molar-refractivity contribution < 1.29 is 4.39 Å². The number of rotatable bonds is 4. The Kier molecular flexibility index (Phi) is 4.07. The molecular formula is C14H17Cl2FN2. The van der Waals surface area contributed by atoms with Crippen molar-refractivity contribution in [3.05, 3.63) is 28.8 Å². The zero-order chi connectivity index (χ0) is 14.2. The Labute approximate surface area is 122 Å². The number of hydrogen-bond acceptors (Lipinski definition) is 1. The van der Waals surface area contributed by atoms with Gasteiger partial charge in [-0.1, -0.05) is 18.5 Å². The van der Waals surface area contributed by atoms with Crippen LogP contribution in [0.5, 0.6) is 0 Å². The summed E-state index contributed by atoms with van der Waals surface area (Å²) in [4.78, 5) is 4.50. The van der Waals surface area contributed by atoms with Gasteiger partial charge < -0.3 is 4.57 Å². The first kappa shape index (κ1) is 14.6. The van der Waals surface area contributed by atoms with Crippen LogP contribution in [-0.2, 0) is 12.0 Å². The summed E-state index contributed by atoms with van der Waals surface area (Å²) in [5, 5.41) is 0.123. The quantitative estimate of drug-likeness (QED) is 0.745. The number of aryl methyl sites for hydroxylation is 1. The summed E-state index contributed by atoms with van der Waals surface area (Å²) >= 11 is 11.7. The molecule has 0 aliphatic carbocycles. The van der Waals surface area contributed by atoms with Gasteiger partial charge in [0.25, 0.3) is 0 Å². The van der Waals surface area contributed by atoms with E-state index in [1.54, 1.807) is 6.07 Å². The van der Waals surface area contributed by atoms with Crippen LogP contribution in [0.3, 0.4) is 0 Å². The first-order chi connectivity index (χ1) is 8.90. The summed E-state index contributed by atoms with van der Waals surface area (Å²) < 4.78 is 15.7. The van der Waals surface area contributed by atoms with E-state index in [1.165, 1.54) is 6.07 Å². The van der Waals surface area contributed by atoms with Gasteiger partial charge in [0.2, 0.25) is 0 Å². The molecule has 0 atom stereocenters. The fraction of sp³-hybridized carbons (Fsp3) is 0.500. The van der Waals surface area contributed by atoms with Gasteiger partial charge in [0.1, 0.15) is 11.6 Å². The van der Waals surface area contributed by atoms with Gasteiger partial charge in [-0.05, 0) is 26.3 Å². The molecule has 0 fully saturated rings. The monoisotopic (exact) mass is 302 g/mol. The Morgan fingerprint density at radius 1 is 1.37 bits per heavy atom. The van der Waals surface area contributed by atoms with Crippen molar-refractivity contribution in [2.24, 2.45) is 0 Å². The fourth-order valence-corrected chi connectivity index (χ4v) is 2.54. The van der Waals surface area contributed by atoms with Crippen LogP contribution in [0.1, 0.15) is 33.0 Å². The Balaban J connectivity index is 2.76. The van der Waals surface area contributed by atoms with E-state index in [0.29, 0.717) is 17.8 Å². The maximum absolute atomic E-state index is 13.5. The van der Waals surface area contributed by atoms with Gasteiger partial charge in [0, 0.05) is 23.9 Å². The van der Waals surface area contributed by atoms with Crippen LogP contribution in [-0.4, -0.2) is 15.4 Å². The molecule has 104 valence electrons. The smallest absolute Gasteiger partial charge is 0.144 e. The summed E-state index contributed by atoms with van der Waals surface area (Å²) in [6.07, 6.45) is 1.58. The number of nitrogens with zero attached hydrogens (tertiary/aromatic N) is 2. The molecule has 0 saturated heterocycles. The van der Waals surface area contributed by atoms with E-state index in [0.717, 1.165) is 17.8 Å². The van der Waals surface area contributed by atoms with Crippen LogP contribution in [0.4, 0.5) is 4.39 Å². The van der Waals surface area contributed by atoms with Crippen LogP contribution in [0.25, 0.3) is 11.0 Å². The topological polar surface area (TPSA) is 17.8 Å². The molecule has 1 heterocycles. The van der Waals surface area contributed by atoms with E-state index in [9.17, 15) is 4.39 Å². The van der Waals surface area contributed by atoms with Gasteiger partial charge >= 0.3 is 0 Å². The predicted molar refractivity (Wildman–Crippen MR) is 78.7 cm³/mol. The first-order valence-corrected chi connectivity index (χ1v) is 7.24. The third-order valence-corrected chi connectivity index (χ3v) is 4.03. The van der Waals surface area contributed by atoms with Gasteiger partial charge in [-0.15, -0.1) is 11.6 Å². The summed E-state index contributed by atoms with van der Waals surface area (Å²) in [7, 11) is 0. The van der Waals surface area contributed by atoms with Crippen LogP contribution in [0.15, 0.2) is 12.1 Å². The van der Waals surface area contributed by atoms with Crippen LogP contribution < -0.4 is 0 Å². The van der Waals surface area contributed by atoms with Gasteiger partial charge in [0.15, 0.2) is 0 Å². The summed E-state index contributed by atoms with van der Waals surface area (Å²) in [6.45, 7) is 6.37. The lowest BCUT2D eigenvalue weighted by molar-refractivity contribution is 0.342. The van der Waals surface area contributed by atoms with E-state index < -0.39 is 5.82 Å². The number of halogens is 3. The molecule has 0 bridgehead atoms. The highest BCUT2D eigenvalue weighted by Crippen LogP contribution is 2.31. The van der Waals surface area contributed by atoms with Crippen LogP contribution >= 0.6 is 23.2 Å². The normalized spacial score (nSPS) is 12.3. The second-order valence-corrected chi connectivity index (χ2v) is 6.01. The molecule has 1 aromatic heterocycles. The summed E-state index contributed by atoms with van der Waals surface area (Å²) in [5.41, 5.74) is 1.37. The minimum Gasteiger partial charge on any atom is -0.322 e. The Morgan fingerprint density at radius 3 is 2.63 bits per heavy atom. The van der Waals surface area contributed by atoms with Crippen LogP contribution in [0.2, 0.25) is 5.02 Å². The molecule has 0 radical (unpaired) electrons. The minimum absolute atomic E-state index is 0.114. The highest BCUT2D eigenvalue weighted by Gasteiger charge is 2.24. The molecule has 0 N–H and O–H groups in total. The largest absolute Gasteiger partial charge is 0.322 e. The standard InChI is InChI=1S/C14H17Cl2FN2/c1-4-14(2,3)19-12-7-9(16)10(17)8-11(12)18-13(19)5-6-15/h7-8H,4-6H2,1-3H3. The molecule has 0 aliphatic heterocycles. The SMILES string of the molecule is CCC(C)(C)n1c(CCCl)nc2cc(F)c(Cl)cc21. The Bertz CT molecular complexity index is 605. The molecule has 2 nitrogen and oxygen atoms in total. The average molecular weight is 303 g/mol. The lowest BCUT2D eigenvalue weighted by Gasteiger charge is -2.28. The van der Waals surface area contributed by atoms with E-state index in [4.69, 9.17) is 23.2 Å². The highest BCUT2D eigenvalue weighted by atomic mass is 35.5. The molecule has 5 heteroatoms. The van der Waals surface area contributed by atoms with Crippen molar-refractivity contribution in [1.82, 2.24) is 9.55 Å². The first-order valence-electron chi connectivity index (χ1n) is 6.33. The lowest BCUT2D eigenvalue weighted by atomic mass is 10.0. The summed E-state index contributed by atoms with van der Waals surface area (Å²) in [6, 6.07) is 3.03. The van der Waals surface area contributed by atoms with Crippen molar-refractivity contribution >= 4 is 34.2 Å². The molecule has 0 spiro atoms. The molecule has 0 saturated carbocycles. The number of imidazole rings is 1. The third kappa shape index (κ3) is 2.59. The second kappa shape index (κ2) is 5.29. The minimum atomic E-state index is -0.439. The average Bonchev–Trinajstić information content (AvgIpc) is 2.68. The number of benzene rings is 1. The third-order valence-electron chi connectivity index (χ3n) is 3.55. The van der Waals surface area contributed by atoms with Crippen LogP contribution in [0, 0.1) is 5.82 Å². The molecule has 1 aromatic carbocycles. The highest BCUT2D eigenvalue weighted by molar-refractivity contribution is 6.31. The van der Waals surface area contributed by atoms with Gasteiger partial charge in [-0.3, -0.25) is 0 Å². The van der Waals surface area contributed by atoms with E-state index in [-0.39, 0.29) is 10.6 Å². The predicted octanol–water partition coefficient (Wildman–Crippen LogP) is 4.76. The van der Waals surface area contributed by atoms with Crippen molar-refractivity contribution in [2.45, 2.75) is 39.2 Å². The lowest BCUT2D eigenvalue weighted by Crippen LogP contribution is -2.27. The zero-order valence-corrected chi connectivity index (χ0v) is 12.8. The van der Waals surface area contributed by atoms with Crippen molar-refractivity contribution in [1.29, 1.82) is 0 Å². The van der Waals surface area contributed by atoms with Gasteiger partial charge in [-0.25, -0.2) is 9.37 Å². The Morgan fingerprint density at radius 2 is 2.05 bits per heavy atom. The summed E-state index contributed by atoms with van der Waals surface area (Å²) in [5.74, 6) is 0.920. The van der Waals surface area contributed by atoms with E-state index in [1.807, 2.05) is 0 Å². The molecule has 2 aromatic rings. The second-order valence-electron chi connectivity index (χ2n) is 5.22. The number of alkyl halides is 1. The van der Waals surface area contributed by atoms with E-state index >= 15 is 0 Å². The molecule has 0 unspecified atom stereocenters. The van der Waals surface area contributed by atoms with Crippen molar-refractivity contribution in [2.75, 3.05) is 5.88 Å². The number of aromatic nitrogens is 2. The van der Waals surface area contributed by atoms with Crippen molar-refractivity contribution in [3.63, 3.8) is 0 Å². The van der Waals surface area contributed by atoms with Crippen molar-refractivity contribution in [3.8, 4) is 0 Å². The molecule has 0 aliphatic rings. The van der Waals surface area contributed by atoms with E-state index in [2.05, 4.69) is 30.3 Å². The number of hydrogen-bond donors (Lipinski definition) is 0. The molecule has 0 amide bonds. The fourth-order valence-electron chi connectivity index (χ4n) is 2.21.